The van der Waals surface area contributed by atoms with Crippen molar-refractivity contribution in [2.24, 2.45) is 5.10 Å². The first-order valence-electron chi connectivity index (χ1n) is 4.58. The van der Waals surface area contributed by atoms with Crippen LogP contribution in [0.3, 0.4) is 0 Å². The Labute approximate surface area is 88.6 Å². The fourth-order valence-electron chi connectivity index (χ4n) is 0.908. The van der Waals surface area contributed by atoms with Crippen LogP contribution in [0.15, 0.2) is 23.4 Å². The summed E-state index contributed by atoms with van der Waals surface area (Å²) in [5.41, 5.74) is 4.21. The highest BCUT2D eigenvalue weighted by Gasteiger charge is 2.02. The smallest absolute Gasteiger partial charge is 0.252 e. The molecule has 0 radical (unpaired) electrons. The van der Waals surface area contributed by atoms with Crippen LogP contribution in [0.4, 0.5) is 5.82 Å². The van der Waals surface area contributed by atoms with Crippen LogP contribution in [0.1, 0.15) is 24.2 Å². The van der Waals surface area contributed by atoms with E-state index in [1.165, 1.54) is 6.20 Å². The van der Waals surface area contributed by atoms with Crippen LogP contribution >= 0.6 is 0 Å². The molecule has 5 heteroatoms. The maximum absolute atomic E-state index is 11.2. The molecule has 0 spiro atoms. The molecule has 0 saturated carbocycles. The third kappa shape index (κ3) is 3.38. The van der Waals surface area contributed by atoms with Gasteiger partial charge in [-0.2, -0.15) is 5.10 Å². The minimum Gasteiger partial charge on any atom is -0.355 e. The lowest BCUT2D eigenvalue weighted by molar-refractivity contribution is 0.0963. The van der Waals surface area contributed by atoms with E-state index in [2.05, 4.69) is 20.8 Å². The van der Waals surface area contributed by atoms with Crippen molar-refractivity contribution >= 4 is 17.4 Å². The largest absolute Gasteiger partial charge is 0.355 e. The molecular weight excluding hydrogens is 192 g/mol. The second-order valence-electron chi connectivity index (χ2n) is 3.18. The van der Waals surface area contributed by atoms with Gasteiger partial charge in [-0.15, -0.1) is 0 Å². The summed E-state index contributed by atoms with van der Waals surface area (Å²) in [6.07, 6.45) is 1.50. The molecule has 0 unspecified atom stereocenters. The van der Waals surface area contributed by atoms with Crippen LogP contribution in [0.25, 0.3) is 0 Å². The molecule has 0 aliphatic heterocycles. The van der Waals surface area contributed by atoms with Crippen molar-refractivity contribution < 1.29 is 4.79 Å². The highest BCUT2D eigenvalue weighted by Crippen LogP contribution is 2.04. The lowest BCUT2D eigenvalue weighted by Crippen LogP contribution is -2.17. The van der Waals surface area contributed by atoms with Crippen molar-refractivity contribution in [3.05, 3.63) is 23.9 Å². The Hall–Kier alpha value is -1.91. The van der Waals surface area contributed by atoms with Crippen LogP contribution < -0.4 is 10.7 Å². The van der Waals surface area contributed by atoms with E-state index in [0.29, 0.717) is 11.4 Å². The second kappa shape index (κ2) is 5.09. The van der Waals surface area contributed by atoms with Crippen molar-refractivity contribution in [2.45, 2.75) is 13.8 Å². The molecule has 0 aliphatic rings. The van der Waals surface area contributed by atoms with Gasteiger partial charge in [0.25, 0.3) is 5.91 Å². The van der Waals surface area contributed by atoms with Gasteiger partial charge in [0, 0.05) is 19.0 Å². The Kier molecular flexibility index (Phi) is 3.79. The molecular formula is C10H14N4O. The van der Waals surface area contributed by atoms with E-state index in [9.17, 15) is 4.79 Å². The molecule has 0 saturated heterocycles. The lowest BCUT2D eigenvalue weighted by Gasteiger charge is -2.01. The number of aromatic nitrogens is 1. The van der Waals surface area contributed by atoms with Gasteiger partial charge in [0.1, 0.15) is 5.82 Å². The molecule has 2 N–H and O–H groups in total. The summed E-state index contributed by atoms with van der Waals surface area (Å²) in [6.45, 7) is 3.76. The maximum atomic E-state index is 11.2. The predicted molar refractivity (Wildman–Crippen MR) is 60.0 cm³/mol. The van der Waals surface area contributed by atoms with Crippen LogP contribution in [0, 0.1) is 0 Å². The maximum Gasteiger partial charge on any atom is 0.252 e. The molecule has 1 aromatic heterocycles. The van der Waals surface area contributed by atoms with Crippen molar-refractivity contribution in [3.63, 3.8) is 0 Å². The van der Waals surface area contributed by atoms with Gasteiger partial charge in [0.2, 0.25) is 0 Å². The second-order valence-corrected chi connectivity index (χ2v) is 3.18. The number of pyridine rings is 1. The van der Waals surface area contributed by atoms with Crippen LogP contribution in [-0.2, 0) is 0 Å². The third-order valence-corrected chi connectivity index (χ3v) is 1.65. The van der Waals surface area contributed by atoms with Crippen molar-refractivity contribution in [1.29, 1.82) is 0 Å². The third-order valence-electron chi connectivity index (χ3n) is 1.65. The molecule has 0 aliphatic carbocycles. The van der Waals surface area contributed by atoms with Crippen LogP contribution in [0.2, 0.25) is 0 Å². The van der Waals surface area contributed by atoms with Crippen molar-refractivity contribution in [1.82, 2.24) is 10.3 Å². The molecule has 1 aromatic rings. The molecule has 0 aromatic carbocycles. The zero-order valence-corrected chi connectivity index (χ0v) is 9.03. The van der Waals surface area contributed by atoms with Crippen LogP contribution in [0.5, 0.6) is 0 Å². The number of nitrogens with zero attached hydrogens (tertiary/aromatic N) is 2. The Morgan fingerprint density at radius 2 is 2.13 bits per heavy atom. The number of carbonyl (C=O) groups excluding carboxylic acids is 1. The Morgan fingerprint density at radius 1 is 1.40 bits per heavy atom. The first-order valence-corrected chi connectivity index (χ1v) is 4.58. The molecule has 0 fully saturated rings. The molecule has 80 valence electrons. The van der Waals surface area contributed by atoms with Crippen molar-refractivity contribution in [3.8, 4) is 0 Å². The zero-order chi connectivity index (χ0) is 11.3. The standard InChI is InChI=1S/C10H14N4O/c1-7(2)13-14-9-5-4-8(6-12-9)10(15)11-3/h4-6H,1-3H3,(H,11,15)(H,12,14). The Morgan fingerprint density at radius 3 is 2.60 bits per heavy atom. The molecule has 1 amide bonds. The molecule has 1 heterocycles. The van der Waals surface area contributed by atoms with Gasteiger partial charge in [-0.3, -0.25) is 10.2 Å². The highest BCUT2D eigenvalue weighted by molar-refractivity contribution is 5.93. The van der Waals surface area contributed by atoms with Gasteiger partial charge >= 0.3 is 0 Å². The van der Waals surface area contributed by atoms with E-state index in [0.717, 1.165) is 5.71 Å². The van der Waals surface area contributed by atoms with Gasteiger partial charge in [0.15, 0.2) is 0 Å². The van der Waals surface area contributed by atoms with E-state index in [1.807, 2.05) is 13.8 Å². The number of hydrogen-bond acceptors (Lipinski definition) is 4. The summed E-state index contributed by atoms with van der Waals surface area (Å²) in [4.78, 5) is 15.2. The molecule has 5 nitrogen and oxygen atoms in total. The normalized spacial score (nSPS) is 9.27. The first-order chi connectivity index (χ1) is 7.13. The Bertz CT molecular complexity index is 366. The summed E-state index contributed by atoms with van der Waals surface area (Å²) < 4.78 is 0. The van der Waals surface area contributed by atoms with E-state index in [1.54, 1.807) is 19.2 Å². The summed E-state index contributed by atoms with van der Waals surface area (Å²) in [7, 11) is 1.58. The molecule has 1 rings (SSSR count). The van der Waals surface area contributed by atoms with E-state index < -0.39 is 0 Å². The zero-order valence-electron chi connectivity index (χ0n) is 9.03. The predicted octanol–water partition coefficient (Wildman–Crippen LogP) is 1.25. The lowest BCUT2D eigenvalue weighted by atomic mass is 10.3. The van der Waals surface area contributed by atoms with Gasteiger partial charge in [-0.1, -0.05) is 0 Å². The molecule has 15 heavy (non-hydrogen) atoms. The van der Waals surface area contributed by atoms with Gasteiger partial charge in [-0.25, -0.2) is 4.98 Å². The van der Waals surface area contributed by atoms with Crippen molar-refractivity contribution in [2.75, 3.05) is 12.5 Å². The SMILES string of the molecule is CNC(=O)c1ccc(NN=C(C)C)nc1. The quantitative estimate of drug-likeness (QED) is 0.577. The summed E-state index contributed by atoms with van der Waals surface area (Å²) in [5.74, 6) is 0.466. The number of carbonyl (C=O) groups is 1. The number of hydrazone groups is 1. The monoisotopic (exact) mass is 206 g/mol. The average molecular weight is 206 g/mol. The fourth-order valence-corrected chi connectivity index (χ4v) is 0.908. The van der Waals surface area contributed by atoms with E-state index >= 15 is 0 Å². The number of hydrogen-bond donors (Lipinski definition) is 2. The highest BCUT2D eigenvalue weighted by atomic mass is 16.1. The topological polar surface area (TPSA) is 66.4 Å². The number of amides is 1. The average Bonchev–Trinajstić information content (AvgIpc) is 2.26. The fraction of sp³-hybridized carbons (Fsp3) is 0.300. The van der Waals surface area contributed by atoms with E-state index in [-0.39, 0.29) is 5.91 Å². The van der Waals surface area contributed by atoms with Gasteiger partial charge < -0.3 is 5.32 Å². The summed E-state index contributed by atoms with van der Waals surface area (Å²) >= 11 is 0. The number of anilines is 1. The molecule has 0 atom stereocenters. The van der Waals surface area contributed by atoms with Gasteiger partial charge in [-0.05, 0) is 26.0 Å². The minimum absolute atomic E-state index is 0.149. The van der Waals surface area contributed by atoms with E-state index in [4.69, 9.17) is 0 Å². The molecule has 0 bridgehead atoms. The number of nitrogens with one attached hydrogen (secondary N) is 2. The number of rotatable bonds is 3. The summed E-state index contributed by atoms with van der Waals surface area (Å²) in [6, 6.07) is 3.39. The summed E-state index contributed by atoms with van der Waals surface area (Å²) in [5, 5.41) is 6.52. The first kappa shape index (κ1) is 11.2. The minimum atomic E-state index is -0.149. The van der Waals surface area contributed by atoms with Gasteiger partial charge in [0.05, 0.1) is 5.56 Å². The Balaban J connectivity index is 2.72. The van der Waals surface area contributed by atoms with Crippen LogP contribution in [-0.4, -0.2) is 23.7 Å².